The second kappa shape index (κ2) is 13.4. The molecule has 1 aromatic heterocycles. The summed E-state index contributed by atoms with van der Waals surface area (Å²) in [6, 6.07) is 4.33. The van der Waals surface area contributed by atoms with Crippen molar-refractivity contribution in [1.82, 2.24) is 15.5 Å². The van der Waals surface area contributed by atoms with Crippen LogP contribution >= 0.6 is 24.0 Å². The van der Waals surface area contributed by atoms with Crippen molar-refractivity contribution in [2.75, 3.05) is 39.8 Å². The van der Waals surface area contributed by atoms with Crippen molar-refractivity contribution in [3.8, 4) is 0 Å². The fourth-order valence-corrected chi connectivity index (χ4v) is 2.95. The zero-order valence-corrected chi connectivity index (χ0v) is 17.8. The average molecular weight is 464 g/mol. The first-order valence-electron chi connectivity index (χ1n) is 9.11. The minimum atomic E-state index is 0. The van der Waals surface area contributed by atoms with E-state index in [-0.39, 0.29) is 24.0 Å². The van der Waals surface area contributed by atoms with E-state index in [0.29, 0.717) is 19.3 Å². The smallest absolute Gasteiger partial charge is 0.191 e. The number of guanidine groups is 1. The van der Waals surface area contributed by atoms with Crippen LogP contribution < -0.4 is 10.6 Å². The monoisotopic (exact) mass is 464 g/mol. The Hall–Kier alpha value is -0.800. The average Bonchev–Trinajstić information content (AvgIpc) is 3.12. The van der Waals surface area contributed by atoms with Crippen molar-refractivity contribution in [2.24, 2.45) is 4.99 Å². The van der Waals surface area contributed by atoms with E-state index >= 15 is 0 Å². The molecule has 1 aliphatic rings. The van der Waals surface area contributed by atoms with Crippen LogP contribution in [0.1, 0.15) is 38.4 Å². The van der Waals surface area contributed by atoms with Crippen molar-refractivity contribution < 1.29 is 9.15 Å². The third-order valence-corrected chi connectivity index (χ3v) is 4.27. The minimum Gasteiger partial charge on any atom is -0.467 e. The number of hydrogen-bond donors (Lipinski definition) is 2. The standard InChI is InChI=1S/C18H32N4O2.HI/c1-3-10-22-11-7-16(8-12-22)21-18(19-2)20-9-5-13-23-15-17-6-4-14-24-17;/h4,6,14,16H,3,5,7-13,15H2,1-2H3,(H2,19,20,21);1H. The van der Waals surface area contributed by atoms with E-state index in [4.69, 9.17) is 9.15 Å². The molecule has 2 rings (SSSR count). The lowest BCUT2D eigenvalue weighted by molar-refractivity contribution is 0.105. The molecule has 7 heteroatoms. The zero-order chi connectivity index (χ0) is 17.0. The lowest BCUT2D eigenvalue weighted by Crippen LogP contribution is -2.48. The molecule has 0 amide bonds. The fraction of sp³-hybridized carbons (Fsp3) is 0.722. The van der Waals surface area contributed by atoms with Crippen molar-refractivity contribution in [2.45, 2.75) is 45.3 Å². The van der Waals surface area contributed by atoms with E-state index in [0.717, 1.165) is 24.7 Å². The molecule has 2 N–H and O–H groups in total. The number of halogens is 1. The van der Waals surface area contributed by atoms with Gasteiger partial charge in [0.05, 0.1) is 6.26 Å². The molecule has 0 saturated carbocycles. The molecule has 0 radical (unpaired) electrons. The fourth-order valence-electron chi connectivity index (χ4n) is 2.95. The predicted octanol–water partition coefficient (Wildman–Crippen LogP) is 2.84. The summed E-state index contributed by atoms with van der Waals surface area (Å²) in [7, 11) is 1.83. The number of nitrogens with one attached hydrogen (secondary N) is 2. The molecule has 0 atom stereocenters. The van der Waals surface area contributed by atoms with Crippen LogP contribution in [0, 0.1) is 0 Å². The van der Waals surface area contributed by atoms with Gasteiger partial charge in [0.25, 0.3) is 0 Å². The van der Waals surface area contributed by atoms with E-state index in [1.807, 2.05) is 19.2 Å². The highest BCUT2D eigenvalue weighted by molar-refractivity contribution is 14.0. The van der Waals surface area contributed by atoms with Gasteiger partial charge in [0.15, 0.2) is 5.96 Å². The minimum absolute atomic E-state index is 0. The van der Waals surface area contributed by atoms with E-state index < -0.39 is 0 Å². The molecule has 0 bridgehead atoms. The SMILES string of the molecule is CCCN1CCC(NC(=NC)NCCCOCc2ccco2)CC1.I. The van der Waals surface area contributed by atoms with Gasteiger partial charge in [-0.3, -0.25) is 4.99 Å². The van der Waals surface area contributed by atoms with E-state index in [2.05, 4.69) is 27.4 Å². The highest BCUT2D eigenvalue weighted by atomic mass is 127. The molecule has 1 aliphatic heterocycles. The summed E-state index contributed by atoms with van der Waals surface area (Å²) in [5.41, 5.74) is 0. The van der Waals surface area contributed by atoms with Gasteiger partial charge in [-0.15, -0.1) is 24.0 Å². The number of piperidine rings is 1. The summed E-state index contributed by atoms with van der Waals surface area (Å²) in [6.07, 6.45) is 6.22. The molecule has 144 valence electrons. The molecule has 0 spiro atoms. The van der Waals surface area contributed by atoms with E-state index in [1.165, 1.54) is 38.9 Å². The van der Waals surface area contributed by atoms with Crippen LogP contribution in [0.3, 0.4) is 0 Å². The molecule has 0 aromatic carbocycles. The first-order valence-corrected chi connectivity index (χ1v) is 9.11. The molecule has 6 nitrogen and oxygen atoms in total. The van der Waals surface area contributed by atoms with E-state index in [1.54, 1.807) is 6.26 Å². The molecule has 25 heavy (non-hydrogen) atoms. The second-order valence-corrected chi connectivity index (χ2v) is 6.24. The van der Waals surface area contributed by atoms with Crippen LogP contribution in [0.15, 0.2) is 27.8 Å². The summed E-state index contributed by atoms with van der Waals surface area (Å²) < 4.78 is 10.8. The molecule has 2 heterocycles. The third-order valence-electron chi connectivity index (χ3n) is 4.27. The molecule has 1 saturated heterocycles. The summed E-state index contributed by atoms with van der Waals surface area (Å²) in [5, 5.41) is 6.91. The number of hydrogen-bond acceptors (Lipinski definition) is 4. The van der Waals surface area contributed by atoms with Gasteiger partial charge in [0.1, 0.15) is 12.4 Å². The highest BCUT2D eigenvalue weighted by Gasteiger charge is 2.19. The van der Waals surface area contributed by atoms with Gasteiger partial charge in [0.2, 0.25) is 0 Å². The largest absolute Gasteiger partial charge is 0.467 e. The second-order valence-electron chi connectivity index (χ2n) is 6.24. The lowest BCUT2D eigenvalue weighted by atomic mass is 10.1. The van der Waals surface area contributed by atoms with Gasteiger partial charge in [-0.2, -0.15) is 0 Å². The molecule has 1 fully saturated rings. The summed E-state index contributed by atoms with van der Waals surface area (Å²) in [6.45, 7) is 7.93. The van der Waals surface area contributed by atoms with Gasteiger partial charge >= 0.3 is 0 Å². The van der Waals surface area contributed by atoms with Crippen molar-refractivity contribution in [3.05, 3.63) is 24.2 Å². The number of ether oxygens (including phenoxy) is 1. The number of rotatable bonds is 9. The highest BCUT2D eigenvalue weighted by Crippen LogP contribution is 2.10. The number of aliphatic imine (C=N–C) groups is 1. The molecular formula is C18H33IN4O2. The van der Waals surface area contributed by atoms with E-state index in [9.17, 15) is 0 Å². The predicted molar refractivity (Wildman–Crippen MR) is 113 cm³/mol. The van der Waals surface area contributed by atoms with Crippen LogP contribution in [0.5, 0.6) is 0 Å². The van der Waals surface area contributed by atoms with Crippen LogP contribution in [-0.2, 0) is 11.3 Å². The maximum Gasteiger partial charge on any atom is 0.191 e. The maximum absolute atomic E-state index is 5.58. The van der Waals surface area contributed by atoms with Crippen molar-refractivity contribution >= 4 is 29.9 Å². The number of likely N-dealkylation sites (tertiary alicyclic amines) is 1. The summed E-state index contributed by atoms with van der Waals surface area (Å²) in [5.74, 6) is 1.77. The van der Waals surface area contributed by atoms with Crippen LogP contribution in [0.25, 0.3) is 0 Å². The van der Waals surface area contributed by atoms with Gasteiger partial charge in [-0.1, -0.05) is 6.92 Å². The van der Waals surface area contributed by atoms with Crippen LogP contribution in [0.2, 0.25) is 0 Å². The van der Waals surface area contributed by atoms with Gasteiger partial charge < -0.3 is 24.7 Å². The summed E-state index contributed by atoms with van der Waals surface area (Å²) >= 11 is 0. The number of nitrogens with zero attached hydrogens (tertiary/aromatic N) is 2. The van der Waals surface area contributed by atoms with Crippen LogP contribution in [0.4, 0.5) is 0 Å². The molecule has 0 unspecified atom stereocenters. The molecular weight excluding hydrogens is 431 g/mol. The third kappa shape index (κ3) is 8.91. The first-order chi connectivity index (χ1) is 11.8. The molecule has 1 aromatic rings. The Labute approximate surface area is 168 Å². The van der Waals surface area contributed by atoms with Crippen molar-refractivity contribution in [3.63, 3.8) is 0 Å². The Morgan fingerprint density at radius 3 is 2.84 bits per heavy atom. The quantitative estimate of drug-likeness (QED) is 0.255. The first kappa shape index (κ1) is 22.2. The Balaban J connectivity index is 0.00000312. The van der Waals surface area contributed by atoms with Gasteiger partial charge in [-0.05, 0) is 44.4 Å². The van der Waals surface area contributed by atoms with Crippen molar-refractivity contribution in [1.29, 1.82) is 0 Å². The Bertz CT molecular complexity index is 460. The maximum atomic E-state index is 5.58. The summed E-state index contributed by atoms with van der Waals surface area (Å²) in [4.78, 5) is 6.87. The lowest BCUT2D eigenvalue weighted by Gasteiger charge is -2.32. The Morgan fingerprint density at radius 2 is 2.20 bits per heavy atom. The Morgan fingerprint density at radius 1 is 1.40 bits per heavy atom. The zero-order valence-electron chi connectivity index (χ0n) is 15.5. The topological polar surface area (TPSA) is 62.0 Å². The Kier molecular flexibility index (Phi) is 11.9. The van der Waals surface area contributed by atoms with Crippen LogP contribution in [-0.4, -0.2) is 56.7 Å². The van der Waals surface area contributed by atoms with Gasteiger partial charge in [0, 0.05) is 39.3 Å². The normalized spacial score (nSPS) is 16.5. The molecule has 0 aliphatic carbocycles. The van der Waals surface area contributed by atoms with Gasteiger partial charge in [-0.25, -0.2) is 0 Å². The number of furan rings is 1.